The average Bonchev–Trinajstić information content (AvgIpc) is 2.53. The van der Waals surface area contributed by atoms with Crippen molar-refractivity contribution >= 4 is 15.8 Å². The normalized spacial score (nSPS) is 12.2. The molecule has 0 saturated heterocycles. The number of hydrogen-bond acceptors (Lipinski definition) is 4. The van der Waals surface area contributed by atoms with E-state index in [1.165, 1.54) is 0 Å². The van der Waals surface area contributed by atoms with Gasteiger partial charge in [0.1, 0.15) is 5.82 Å². The van der Waals surface area contributed by atoms with E-state index in [4.69, 9.17) is 0 Å². The maximum absolute atomic E-state index is 12.6. The molecule has 0 aliphatic rings. The molecule has 9 heteroatoms. The summed E-state index contributed by atoms with van der Waals surface area (Å²) >= 11 is 0. The van der Waals surface area contributed by atoms with Gasteiger partial charge >= 0.3 is 6.18 Å². The fourth-order valence-electron chi connectivity index (χ4n) is 2.15. The summed E-state index contributed by atoms with van der Waals surface area (Å²) in [6.45, 7) is 3.59. The Balaban J connectivity index is 1.96. The van der Waals surface area contributed by atoms with E-state index >= 15 is 0 Å². The summed E-state index contributed by atoms with van der Waals surface area (Å²) in [7, 11) is -3.69. The van der Waals surface area contributed by atoms with Crippen molar-refractivity contribution in [2.24, 2.45) is 0 Å². The highest BCUT2D eigenvalue weighted by Crippen LogP contribution is 2.29. The molecule has 2 rings (SSSR count). The van der Waals surface area contributed by atoms with E-state index in [1.54, 1.807) is 26.0 Å². The van der Waals surface area contributed by atoms with Crippen molar-refractivity contribution in [3.63, 3.8) is 0 Å². The van der Waals surface area contributed by atoms with Crippen molar-refractivity contribution in [2.75, 3.05) is 18.4 Å². The van der Waals surface area contributed by atoms with Crippen LogP contribution in [0.1, 0.15) is 16.7 Å². The van der Waals surface area contributed by atoms with E-state index in [0.717, 1.165) is 23.9 Å². The van der Waals surface area contributed by atoms with Crippen molar-refractivity contribution in [1.29, 1.82) is 0 Å². The fraction of sp³-hybridized carbons (Fsp3) is 0.312. The van der Waals surface area contributed by atoms with Gasteiger partial charge in [-0.05, 0) is 43.2 Å². The Kier molecular flexibility index (Phi) is 5.69. The zero-order chi connectivity index (χ0) is 18.7. The molecule has 0 bridgehead atoms. The SMILES string of the molecule is Cc1ccc(C)c(S(=O)(=O)NCCNc2cc(C(F)(F)F)ccn2)c1. The van der Waals surface area contributed by atoms with Gasteiger partial charge in [0.15, 0.2) is 0 Å². The first-order chi connectivity index (χ1) is 11.6. The van der Waals surface area contributed by atoms with Crippen molar-refractivity contribution in [2.45, 2.75) is 24.9 Å². The molecular weight excluding hydrogens is 355 g/mol. The number of nitrogens with one attached hydrogen (secondary N) is 2. The number of nitrogens with zero attached hydrogens (tertiary/aromatic N) is 1. The zero-order valence-electron chi connectivity index (χ0n) is 13.7. The molecule has 0 fully saturated rings. The maximum atomic E-state index is 12.6. The zero-order valence-corrected chi connectivity index (χ0v) is 14.5. The Morgan fingerprint density at radius 1 is 1.08 bits per heavy atom. The monoisotopic (exact) mass is 373 g/mol. The average molecular weight is 373 g/mol. The van der Waals surface area contributed by atoms with Gasteiger partial charge in [0.05, 0.1) is 10.5 Å². The van der Waals surface area contributed by atoms with Crippen LogP contribution in [0.3, 0.4) is 0 Å². The summed E-state index contributed by atoms with van der Waals surface area (Å²) in [5, 5.41) is 2.67. The molecule has 0 saturated carbocycles. The number of aromatic nitrogens is 1. The molecule has 0 spiro atoms. The topological polar surface area (TPSA) is 71.1 Å². The van der Waals surface area contributed by atoms with Crippen LogP contribution in [-0.4, -0.2) is 26.5 Å². The maximum Gasteiger partial charge on any atom is 0.416 e. The Hall–Kier alpha value is -2.13. The number of hydrogen-bond donors (Lipinski definition) is 2. The lowest BCUT2D eigenvalue weighted by atomic mass is 10.2. The first kappa shape index (κ1) is 19.2. The molecule has 0 atom stereocenters. The van der Waals surface area contributed by atoms with Crippen LogP contribution < -0.4 is 10.0 Å². The predicted molar refractivity (Wildman–Crippen MR) is 88.8 cm³/mol. The van der Waals surface area contributed by atoms with E-state index in [0.29, 0.717) is 5.56 Å². The van der Waals surface area contributed by atoms with Gasteiger partial charge < -0.3 is 5.32 Å². The molecule has 25 heavy (non-hydrogen) atoms. The summed E-state index contributed by atoms with van der Waals surface area (Å²) in [6, 6.07) is 6.84. The number of pyridine rings is 1. The van der Waals surface area contributed by atoms with Crippen LogP contribution in [0.2, 0.25) is 0 Å². The van der Waals surface area contributed by atoms with Gasteiger partial charge in [-0.15, -0.1) is 0 Å². The third kappa shape index (κ3) is 5.17. The molecule has 5 nitrogen and oxygen atoms in total. The largest absolute Gasteiger partial charge is 0.416 e. The van der Waals surface area contributed by atoms with Crippen molar-refractivity contribution in [3.05, 3.63) is 53.2 Å². The third-order valence-electron chi connectivity index (χ3n) is 3.44. The Labute approximate surface area is 144 Å². The van der Waals surface area contributed by atoms with Gasteiger partial charge in [-0.25, -0.2) is 18.1 Å². The van der Waals surface area contributed by atoms with Crippen LogP contribution in [0.15, 0.2) is 41.4 Å². The number of sulfonamides is 1. The molecular formula is C16H18F3N3O2S. The second-order valence-corrected chi connectivity index (χ2v) is 7.26. The first-order valence-electron chi connectivity index (χ1n) is 7.43. The van der Waals surface area contributed by atoms with E-state index in [9.17, 15) is 21.6 Å². The van der Waals surface area contributed by atoms with E-state index < -0.39 is 21.8 Å². The molecule has 0 aliphatic heterocycles. The van der Waals surface area contributed by atoms with E-state index in [2.05, 4.69) is 15.0 Å². The number of halogens is 3. The van der Waals surface area contributed by atoms with Crippen molar-refractivity contribution in [3.8, 4) is 0 Å². The highest BCUT2D eigenvalue weighted by Gasteiger charge is 2.30. The smallest absolute Gasteiger partial charge is 0.369 e. The second kappa shape index (κ2) is 7.40. The minimum Gasteiger partial charge on any atom is -0.369 e. The lowest BCUT2D eigenvalue weighted by Gasteiger charge is -2.12. The summed E-state index contributed by atoms with van der Waals surface area (Å²) in [6.07, 6.45) is -3.41. The van der Waals surface area contributed by atoms with Crippen LogP contribution >= 0.6 is 0 Å². The van der Waals surface area contributed by atoms with Gasteiger partial charge in [0.2, 0.25) is 10.0 Å². The molecule has 0 unspecified atom stereocenters. The molecule has 1 heterocycles. The molecule has 2 aromatic rings. The van der Waals surface area contributed by atoms with E-state index in [-0.39, 0.29) is 23.8 Å². The van der Waals surface area contributed by atoms with Crippen molar-refractivity contribution < 1.29 is 21.6 Å². The molecule has 0 amide bonds. The second-order valence-electron chi connectivity index (χ2n) is 5.52. The quantitative estimate of drug-likeness (QED) is 0.764. The van der Waals surface area contributed by atoms with Gasteiger partial charge in [-0.1, -0.05) is 12.1 Å². The number of benzene rings is 1. The Bertz CT molecular complexity index is 852. The number of aryl methyl sites for hydroxylation is 2. The van der Waals surface area contributed by atoms with Crippen LogP contribution in [0.5, 0.6) is 0 Å². The fourth-order valence-corrected chi connectivity index (χ4v) is 3.51. The summed E-state index contributed by atoms with van der Waals surface area (Å²) in [5.41, 5.74) is 0.615. The minimum atomic E-state index is -4.45. The lowest BCUT2D eigenvalue weighted by Crippen LogP contribution is -2.29. The van der Waals surface area contributed by atoms with Gasteiger partial charge in [-0.3, -0.25) is 0 Å². The standard InChI is InChI=1S/C16H18F3N3O2S/c1-11-3-4-12(2)14(9-11)25(23,24)22-8-7-21-15-10-13(5-6-20-15)16(17,18)19/h3-6,9-10,22H,7-8H2,1-2H3,(H,20,21). The molecule has 0 radical (unpaired) electrons. The summed E-state index contributed by atoms with van der Waals surface area (Å²) in [4.78, 5) is 3.97. The molecule has 1 aromatic heterocycles. The highest BCUT2D eigenvalue weighted by molar-refractivity contribution is 7.89. The third-order valence-corrected chi connectivity index (χ3v) is 5.05. The highest BCUT2D eigenvalue weighted by atomic mass is 32.2. The lowest BCUT2D eigenvalue weighted by molar-refractivity contribution is -0.137. The van der Waals surface area contributed by atoms with Crippen LogP contribution in [-0.2, 0) is 16.2 Å². The summed E-state index contributed by atoms with van der Waals surface area (Å²) in [5.74, 6) is 0.0285. The van der Waals surface area contributed by atoms with Crippen LogP contribution in [0.4, 0.5) is 19.0 Å². The van der Waals surface area contributed by atoms with E-state index in [1.807, 2.05) is 6.07 Å². The van der Waals surface area contributed by atoms with Gasteiger partial charge in [0.25, 0.3) is 0 Å². The number of anilines is 1. The number of alkyl halides is 3. The number of rotatable bonds is 6. The molecule has 2 N–H and O–H groups in total. The van der Waals surface area contributed by atoms with Crippen molar-refractivity contribution in [1.82, 2.24) is 9.71 Å². The Morgan fingerprint density at radius 2 is 1.80 bits per heavy atom. The van der Waals surface area contributed by atoms with Crippen LogP contribution in [0.25, 0.3) is 0 Å². The first-order valence-corrected chi connectivity index (χ1v) is 8.92. The Morgan fingerprint density at radius 3 is 2.48 bits per heavy atom. The van der Waals surface area contributed by atoms with Gasteiger partial charge in [-0.2, -0.15) is 13.2 Å². The molecule has 1 aromatic carbocycles. The summed E-state index contributed by atoms with van der Waals surface area (Å²) < 4.78 is 64.9. The van der Waals surface area contributed by atoms with Gasteiger partial charge in [0, 0.05) is 19.3 Å². The molecule has 0 aliphatic carbocycles. The predicted octanol–water partition coefficient (Wildman–Crippen LogP) is 3.11. The molecule has 136 valence electrons. The minimum absolute atomic E-state index is 0.00758. The van der Waals surface area contributed by atoms with Crippen LogP contribution in [0, 0.1) is 13.8 Å².